The first kappa shape index (κ1) is 34.0. The van der Waals surface area contributed by atoms with Gasteiger partial charge in [0, 0.05) is 63.2 Å². The number of aliphatic hydroxyl groups excluding tert-OH is 1. The van der Waals surface area contributed by atoms with Crippen LogP contribution in [0.25, 0.3) is 22.3 Å². The van der Waals surface area contributed by atoms with E-state index >= 15 is 0 Å². The van der Waals surface area contributed by atoms with Crippen molar-refractivity contribution in [2.75, 3.05) is 19.7 Å². The Morgan fingerprint density at radius 2 is 1.90 bits per heavy atom. The summed E-state index contributed by atoms with van der Waals surface area (Å²) in [5, 5.41) is 24.8. The molecular formula is C33H41F3N8O3Si. The van der Waals surface area contributed by atoms with Crippen molar-refractivity contribution >= 4 is 19.1 Å². The van der Waals surface area contributed by atoms with Gasteiger partial charge in [-0.05, 0) is 49.4 Å². The maximum absolute atomic E-state index is 13.3. The van der Waals surface area contributed by atoms with Crippen LogP contribution in [0.15, 0.2) is 43.1 Å². The van der Waals surface area contributed by atoms with Gasteiger partial charge in [-0.3, -0.25) is 9.58 Å². The normalized spacial score (nSPS) is 20.0. The second-order valence-corrected chi connectivity index (χ2v) is 19.8. The minimum absolute atomic E-state index is 0.109. The third-order valence-electron chi connectivity index (χ3n) is 9.31. The molecule has 1 saturated carbocycles. The highest BCUT2D eigenvalue weighted by atomic mass is 28.3. The molecular weight excluding hydrogens is 641 g/mol. The third-order valence-corrected chi connectivity index (χ3v) is 11.0. The van der Waals surface area contributed by atoms with Gasteiger partial charge in [0.15, 0.2) is 0 Å². The molecule has 2 fully saturated rings. The van der Waals surface area contributed by atoms with Gasteiger partial charge in [-0.25, -0.2) is 15.0 Å². The maximum Gasteiger partial charge on any atom is 0.433 e. The predicted molar refractivity (Wildman–Crippen MR) is 174 cm³/mol. The van der Waals surface area contributed by atoms with E-state index in [1.165, 1.54) is 6.07 Å². The summed E-state index contributed by atoms with van der Waals surface area (Å²) in [5.74, 6) is -0.118. The smallest absolute Gasteiger partial charge is 0.433 e. The number of pyridine rings is 1. The molecule has 0 amide bonds. The molecule has 15 heteroatoms. The Balaban J connectivity index is 1.08. The Labute approximate surface area is 278 Å². The Morgan fingerprint density at radius 3 is 2.58 bits per heavy atom. The van der Waals surface area contributed by atoms with Crippen LogP contribution in [0.4, 0.5) is 13.2 Å². The van der Waals surface area contributed by atoms with Crippen LogP contribution in [-0.4, -0.2) is 79.2 Å². The molecule has 6 rings (SSSR count). The van der Waals surface area contributed by atoms with E-state index in [0.29, 0.717) is 39.1 Å². The second-order valence-electron chi connectivity index (χ2n) is 14.1. The monoisotopic (exact) mass is 682 g/mol. The maximum atomic E-state index is 13.3. The molecule has 1 aliphatic carbocycles. The second kappa shape index (κ2) is 13.6. The molecule has 48 heavy (non-hydrogen) atoms. The van der Waals surface area contributed by atoms with Crippen molar-refractivity contribution in [3.05, 3.63) is 54.4 Å². The number of likely N-dealkylation sites (tertiary alicyclic amines) is 1. The van der Waals surface area contributed by atoms with E-state index in [2.05, 4.69) is 45.6 Å². The Morgan fingerprint density at radius 1 is 1.12 bits per heavy atom. The van der Waals surface area contributed by atoms with Crippen LogP contribution in [0.5, 0.6) is 5.88 Å². The lowest BCUT2D eigenvalue weighted by Crippen LogP contribution is -2.65. The van der Waals surface area contributed by atoms with Crippen LogP contribution < -0.4 is 4.74 Å². The quantitative estimate of drug-likeness (QED) is 0.145. The summed E-state index contributed by atoms with van der Waals surface area (Å²) >= 11 is 0. The van der Waals surface area contributed by atoms with Gasteiger partial charge in [0.1, 0.15) is 36.0 Å². The molecule has 0 unspecified atom stereocenters. The first-order chi connectivity index (χ1) is 22.9. The molecule has 2 aliphatic rings. The van der Waals surface area contributed by atoms with E-state index in [1.807, 2.05) is 27.7 Å². The average Bonchev–Trinajstić information content (AvgIpc) is 3.68. The molecule has 0 aromatic carbocycles. The van der Waals surface area contributed by atoms with Gasteiger partial charge in [-0.1, -0.05) is 19.6 Å². The first-order valence-corrected chi connectivity index (χ1v) is 20.0. The van der Waals surface area contributed by atoms with Crippen molar-refractivity contribution in [2.24, 2.45) is 0 Å². The first-order valence-electron chi connectivity index (χ1n) is 16.3. The molecule has 1 saturated heterocycles. The van der Waals surface area contributed by atoms with Crippen LogP contribution in [0.2, 0.25) is 25.7 Å². The molecule has 1 aliphatic heterocycles. The van der Waals surface area contributed by atoms with Gasteiger partial charge in [0.25, 0.3) is 0 Å². The highest BCUT2D eigenvalue weighted by molar-refractivity contribution is 6.76. The van der Waals surface area contributed by atoms with Gasteiger partial charge >= 0.3 is 6.18 Å². The van der Waals surface area contributed by atoms with E-state index in [-0.39, 0.29) is 23.6 Å². The lowest BCUT2D eigenvalue weighted by Gasteiger charge is -2.53. The summed E-state index contributed by atoms with van der Waals surface area (Å²) in [7, 11) is -1.18. The van der Waals surface area contributed by atoms with Gasteiger partial charge < -0.3 is 19.1 Å². The van der Waals surface area contributed by atoms with Gasteiger partial charge in [0.2, 0.25) is 5.88 Å². The fourth-order valence-corrected chi connectivity index (χ4v) is 7.35. The molecule has 4 aromatic rings. The topological polar surface area (TPSA) is 127 Å². The zero-order chi connectivity index (χ0) is 34.1. The molecule has 0 bridgehead atoms. The number of ether oxygens (including phenoxy) is 2. The van der Waals surface area contributed by atoms with Gasteiger partial charge in [0.05, 0.1) is 31.0 Å². The summed E-state index contributed by atoms with van der Waals surface area (Å²) in [6.45, 7) is 8.92. The molecule has 0 atom stereocenters. The van der Waals surface area contributed by atoms with Crippen molar-refractivity contribution in [3.8, 4) is 23.2 Å². The Bertz CT molecular complexity index is 1770. The largest absolute Gasteiger partial charge is 0.474 e. The van der Waals surface area contributed by atoms with E-state index in [4.69, 9.17) is 14.6 Å². The highest BCUT2D eigenvalue weighted by Gasteiger charge is 2.48. The van der Waals surface area contributed by atoms with E-state index in [0.717, 1.165) is 53.8 Å². The minimum Gasteiger partial charge on any atom is -0.474 e. The summed E-state index contributed by atoms with van der Waals surface area (Å²) in [4.78, 5) is 15.1. The number of hydrogen-bond acceptors (Lipinski definition) is 9. The number of nitrogens with zero attached hydrogens (tertiary/aromatic N) is 8. The average molecular weight is 683 g/mol. The number of aromatic nitrogens is 6. The van der Waals surface area contributed by atoms with Crippen LogP contribution in [0.3, 0.4) is 0 Å². The zero-order valence-corrected chi connectivity index (χ0v) is 28.4. The van der Waals surface area contributed by atoms with Gasteiger partial charge in [-0.15, -0.1) is 0 Å². The number of halogens is 3. The standard InChI is InChI=1S/C33H41F3N8O3Si/c1-48(2,3)13-12-46-22-42-11-8-27-30(38-21-39-31(27)42)24-16-40-44(17-24)32(9-10-37)19-43(20-32)25-4-6-26(7-5-25)47-29-15-23(18-45)14-28(41-29)33(34,35)36/h8,11,14-17,21,25-26,45H,4-7,9,12-13,18-20,22H2,1-3H3. The van der Waals surface area contributed by atoms with Crippen molar-refractivity contribution in [2.45, 2.75) is 95.0 Å². The number of rotatable bonds is 12. The van der Waals surface area contributed by atoms with Crippen LogP contribution in [-0.2, 0) is 29.8 Å². The number of alkyl halides is 3. The predicted octanol–water partition coefficient (Wildman–Crippen LogP) is 5.83. The number of nitriles is 1. The Hall–Kier alpha value is -3.84. The number of hydrogen-bond donors (Lipinski definition) is 1. The lowest BCUT2D eigenvalue weighted by atomic mass is 9.82. The summed E-state index contributed by atoms with van der Waals surface area (Å²) in [6, 6.07) is 7.90. The molecule has 0 radical (unpaired) electrons. The van der Waals surface area contributed by atoms with Crippen molar-refractivity contribution in [1.29, 1.82) is 5.26 Å². The minimum atomic E-state index is -4.63. The summed E-state index contributed by atoms with van der Waals surface area (Å²) in [5.41, 5.74) is 0.980. The van der Waals surface area contributed by atoms with E-state index in [1.54, 1.807) is 12.5 Å². The SMILES string of the molecule is C[Si](C)(C)CCOCn1ccc2c(-c3cnn(C4(CC#N)CN(C5CCC(Oc6cc(CO)cc(C(F)(F)F)n6)CC5)C4)c3)ncnc21. The van der Waals surface area contributed by atoms with Crippen molar-refractivity contribution < 1.29 is 27.8 Å². The fraction of sp³-hybridized carbons (Fsp3) is 0.545. The molecule has 5 heterocycles. The van der Waals surface area contributed by atoms with Gasteiger partial charge in [-0.2, -0.15) is 23.5 Å². The molecule has 11 nitrogen and oxygen atoms in total. The van der Waals surface area contributed by atoms with Crippen LogP contribution in [0.1, 0.15) is 43.4 Å². The molecule has 256 valence electrons. The van der Waals surface area contributed by atoms with Crippen molar-refractivity contribution in [3.63, 3.8) is 0 Å². The molecule has 0 spiro atoms. The fourth-order valence-electron chi connectivity index (χ4n) is 6.59. The number of aliphatic hydroxyl groups is 1. The molecule has 1 N–H and O–H groups in total. The Kier molecular flexibility index (Phi) is 9.63. The molecule has 4 aromatic heterocycles. The summed E-state index contributed by atoms with van der Waals surface area (Å²) in [6.07, 6.45) is 5.63. The zero-order valence-electron chi connectivity index (χ0n) is 27.4. The highest BCUT2D eigenvalue weighted by Crippen LogP contribution is 2.39. The van der Waals surface area contributed by atoms with Crippen molar-refractivity contribution in [1.82, 2.24) is 34.2 Å². The number of fused-ring (bicyclic) bond motifs is 1. The summed E-state index contributed by atoms with van der Waals surface area (Å²) < 4.78 is 55.5. The van der Waals surface area contributed by atoms with Crippen LogP contribution >= 0.6 is 0 Å². The lowest BCUT2D eigenvalue weighted by molar-refractivity contribution is -0.141. The van der Waals surface area contributed by atoms with Crippen LogP contribution in [0, 0.1) is 11.3 Å². The third kappa shape index (κ3) is 7.41. The van der Waals surface area contributed by atoms with E-state index < -0.39 is 32.1 Å². The van der Waals surface area contributed by atoms with E-state index in [9.17, 15) is 23.5 Å².